The predicted octanol–water partition coefficient (Wildman–Crippen LogP) is 0.159. The van der Waals surface area contributed by atoms with E-state index in [4.69, 9.17) is 4.74 Å². The summed E-state index contributed by atoms with van der Waals surface area (Å²) in [5, 5.41) is 3.20. The van der Waals surface area contributed by atoms with E-state index in [9.17, 15) is 4.79 Å². The van der Waals surface area contributed by atoms with E-state index in [0.29, 0.717) is 12.5 Å². The summed E-state index contributed by atoms with van der Waals surface area (Å²) in [6.45, 7) is 4.19. The Bertz CT molecular complexity index is 193. The SMILES string of the molecule is CCOC(=O)[C@]12CNC[C@H]1C2. The van der Waals surface area contributed by atoms with Crippen molar-refractivity contribution in [2.75, 3.05) is 19.7 Å². The number of carbonyl (C=O) groups excluding carboxylic acids is 1. The topological polar surface area (TPSA) is 38.3 Å². The van der Waals surface area contributed by atoms with Crippen LogP contribution in [-0.2, 0) is 9.53 Å². The van der Waals surface area contributed by atoms with E-state index in [1.54, 1.807) is 0 Å². The fourth-order valence-corrected chi connectivity index (χ4v) is 1.93. The van der Waals surface area contributed by atoms with Crippen molar-refractivity contribution in [1.29, 1.82) is 0 Å². The van der Waals surface area contributed by atoms with Crippen molar-refractivity contribution in [2.45, 2.75) is 13.3 Å². The van der Waals surface area contributed by atoms with Crippen LogP contribution in [0, 0.1) is 11.3 Å². The van der Waals surface area contributed by atoms with Gasteiger partial charge in [0.15, 0.2) is 0 Å². The maximum absolute atomic E-state index is 11.3. The molecular weight excluding hydrogens is 142 g/mol. The van der Waals surface area contributed by atoms with Crippen molar-refractivity contribution in [1.82, 2.24) is 5.32 Å². The lowest BCUT2D eigenvalue weighted by Gasteiger charge is -2.09. The van der Waals surface area contributed by atoms with E-state index in [-0.39, 0.29) is 11.4 Å². The third-order valence-electron chi connectivity index (χ3n) is 2.75. The van der Waals surface area contributed by atoms with E-state index >= 15 is 0 Å². The van der Waals surface area contributed by atoms with Crippen molar-refractivity contribution >= 4 is 5.97 Å². The van der Waals surface area contributed by atoms with E-state index < -0.39 is 0 Å². The van der Waals surface area contributed by atoms with Gasteiger partial charge in [-0.1, -0.05) is 0 Å². The summed E-state index contributed by atoms with van der Waals surface area (Å²) in [5.74, 6) is 0.580. The third-order valence-corrected chi connectivity index (χ3v) is 2.75. The van der Waals surface area contributed by atoms with Crippen LogP contribution in [0.5, 0.6) is 0 Å². The monoisotopic (exact) mass is 155 g/mol. The quantitative estimate of drug-likeness (QED) is 0.577. The first-order valence-corrected chi connectivity index (χ1v) is 4.17. The first kappa shape index (κ1) is 7.10. The number of fused-ring (bicyclic) bond motifs is 1. The Balaban J connectivity index is 1.99. The molecule has 0 radical (unpaired) electrons. The van der Waals surface area contributed by atoms with Crippen LogP contribution in [0.1, 0.15) is 13.3 Å². The molecule has 11 heavy (non-hydrogen) atoms. The Morgan fingerprint density at radius 1 is 1.82 bits per heavy atom. The molecule has 2 atom stereocenters. The number of esters is 1. The van der Waals surface area contributed by atoms with Gasteiger partial charge >= 0.3 is 5.97 Å². The zero-order valence-electron chi connectivity index (χ0n) is 6.72. The molecule has 0 aromatic carbocycles. The standard InChI is InChI=1S/C8H13NO2/c1-2-11-7(10)8-3-6(8)4-9-5-8/h6,9H,2-5H2,1H3/t6-,8-/m1/s1. The molecule has 2 rings (SSSR count). The molecule has 1 saturated heterocycles. The van der Waals surface area contributed by atoms with Crippen LogP contribution in [0.25, 0.3) is 0 Å². The van der Waals surface area contributed by atoms with Crippen molar-refractivity contribution < 1.29 is 9.53 Å². The second-order valence-electron chi connectivity index (χ2n) is 3.41. The van der Waals surface area contributed by atoms with Crippen LogP contribution in [0.15, 0.2) is 0 Å². The fraction of sp³-hybridized carbons (Fsp3) is 0.875. The third kappa shape index (κ3) is 0.872. The average molecular weight is 155 g/mol. The smallest absolute Gasteiger partial charge is 0.313 e. The Hall–Kier alpha value is -0.570. The molecule has 1 aliphatic heterocycles. The molecule has 62 valence electrons. The molecule has 1 N–H and O–H groups in total. The van der Waals surface area contributed by atoms with Gasteiger partial charge in [-0.05, 0) is 25.8 Å². The van der Waals surface area contributed by atoms with Gasteiger partial charge in [0.25, 0.3) is 0 Å². The number of ether oxygens (including phenoxy) is 1. The number of hydrogen-bond donors (Lipinski definition) is 1. The lowest BCUT2D eigenvalue weighted by Crippen LogP contribution is -2.25. The molecule has 3 nitrogen and oxygen atoms in total. The predicted molar refractivity (Wildman–Crippen MR) is 40.0 cm³/mol. The van der Waals surface area contributed by atoms with Crippen LogP contribution < -0.4 is 5.32 Å². The molecule has 0 unspecified atom stereocenters. The van der Waals surface area contributed by atoms with Gasteiger partial charge in [-0.15, -0.1) is 0 Å². The molecule has 1 aliphatic carbocycles. The van der Waals surface area contributed by atoms with Crippen LogP contribution in [0.4, 0.5) is 0 Å². The van der Waals surface area contributed by atoms with Crippen molar-refractivity contribution in [3.05, 3.63) is 0 Å². The summed E-state index contributed by atoms with van der Waals surface area (Å²) in [4.78, 5) is 11.3. The van der Waals surface area contributed by atoms with Crippen molar-refractivity contribution in [2.24, 2.45) is 11.3 Å². The van der Waals surface area contributed by atoms with E-state index in [1.807, 2.05) is 6.92 Å². The maximum atomic E-state index is 11.3. The van der Waals surface area contributed by atoms with Gasteiger partial charge in [0.2, 0.25) is 0 Å². The molecule has 3 heteroatoms. The van der Waals surface area contributed by atoms with Crippen molar-refractivity contribution in [3.8, 4) is 0 Å². The molecule has 1 saturated carbocycles. The Kier molecular flexibility index (Phi) is 1.42. The molecule has 2 aliphatic rings. The Morgan fingerprint density at radius 2 is 2.64 bits per heavy atom. The minimum absolute atomic E-state index is 0.00926. The van der Waals surface area contributed by atoms with Gasteiger partial charge in [-0.3, -0.25) is 4.79 Å². The summed E-state index contributed by atoms with van der Waals surface area (Å²) in [7, 11) is 0. The number of hydrogen-bond acceptors (Lipinski definition) is 3. The average Bonchev–Trinajstić information content (AvgIpc) is 2.57. The van der Waals surface area contributed by atoms with Crippen LogP contribution in [-0.4, -0.2) is 25.7 Å². The first-order chi connectivity index (χ1) is 5.29. The molecule has 0 spiro atoms. The zero-order chi connectivity index (χ0) is 7.90. The molecule has 0 bridgehead atoms. The zero-order valence-corrected chi connectivity index (χ0v) is 6.72. The number of carbonyl (C=O) groups is 1. The summed E-state index contributed by atoms with van der Waals surface area (Å²) < 4.78 is 4.99. The minimum Gasteiger partial charge on any atom is -0.466 e. The number of rotatable bonds is 2. The minimum atomic E-state index is -0.101. The van der Waals surface area contributed by atoms with E-state index in [0.717, 1.165) is 19.5 Å². The summed E-state index contributed by atoms with van der Waals surface area (Å²) >= 11 is 0. The Morgan fingerprint density at radius 3 is 3.09 bits per heavy atom. The van der Waals surface area contributed by atoms with E-state index in [2.05, 4.69) is 5.32 Å². The van der Waals surface area contributed by atoms with E-state index in [1.165, 1.54) is 0 Å². The molecule has 0 amide bonds. The largest absolute Gasteiger partial charge is 0.466 e. The van der Waals surface area contributed by atoms with Gasteiger partial charge in [-0.25, -0.2) is 0 Å². The summed E-state index contributed by atoms with van der Waals surface area (Å²) in [6.07, 6.45) is 1.04. The second-order valence-corrected chi connectivity index (χ2v) is 3.41. The molecule has 2 fully saturated rings. The van der Waals surface area contributed by atoms with Crippen molar-refractivity contribution in [3.63, 3.8) is 0 Å². The first-order valence-electron chi connectivity index (χ1n) is 4.17. The van der Waals surface area contributed by atoms with Gasteiger partial charge in [-0.2, -0.15) is 0 Å². The molecule has 0 aromatic heterocycles. The lowest BCUT2D eigenvalue weighted by molar-refractivity contribution is -0.149. The Labute approximate surface area is 66.1 Å². The maximum Gasteiger partial charge on any atom is 0.313 e. The van der Waals surface area contributed by atoms with Crippen LogP contribution in [0.3, 0.4) is 0 Å². The normalized spacial score (nSPS) is 39.9. The molecule has 1 heterocycles. The number of nitrogens with one attached hydrogen (secondary N) is 1. The molecular formula is C8H13NO2. The van der Waals surface area contributed by atoms with Gasteiger partial charge in [0.1, 0.15) is 0 Å². The summed E-state index contributed by atoms with van der Waals surface area (Å²) in [6, 6.07) is 0. The highest BCUT2D eigenvalue weighted by atomic mass is 16.5. The highest BCUT2D eigenvalue weighted by Crippen LogP contribution is 2.55. The van der Waals surface area contributed by atoms with Gasteiger partial charge in [0, 0.05) is 6.54 Å². The molecule has 0 aromatic rings. The van der Waals surface area contributed by atoms with Gasteiger partial charge in [0.05, 0.1) is 12.0 Å². The highest BCUT2D eigenvalue weighted by Gasteiger charge is 2.63. The van der Waals surface area contributed by atoms with Crippen LogP contribution >= 0.6 is 0 Å². The second kappa shape index (κ2) is 2.21. The lowest BCUT2D eigenvalue weighted by atomic mass is 10.1. The summed E-state index contributed by atoms with van der Waals surface area (Å²) in [5.41, 5.74) is -0.101. The number of piperidine rings is 1. The highest BCUT2D eigenvalue weighted by molar-refractivity contribution is 5.81. The van der Waals surface area contributed by atoms with Crippen LogP contribution in [0.2, 0.25) is 0 Å². The fourth-order valence-electron chi connectivity index (χ4n) is 1.93. The van der Waals surface area contributed by atoms with Gasteiger partial charge < -0.3 is 10.1 Å².